The van der Waals surface area contributed by atoms with Gasteiger partial charge in [0.05, 0.1) is 0 Å². The number of imide groups is 1. The predicted molar refractivity (Wildman–Crippen MR) is 121 cm³/mol. The molecule has 0 saturated carbocycles. The zero-order valence-electron chi connectivity index (χ0n) is 20.8. The van der Waals surface area contributed by atoms with E-state index in [2.05, 4.69) is 10.1 Å². The Labute approximate surface area is 199 Å². The zero-order chi connectivity index (χ0) is 25.9. The molecule has 0 aromatic carbocycles. The van der Waals surface area contributed by atoms with E-state index in [0.29, 0.717) is 11.3 Å². The van der Waals surface area contributed by atoms with Crippen LogP contribution in [0.4, 0.5) is 14.4 Å². The summed E-state index contributed by atoms with van der Waals surface area (Å²) in [7, 11) is 0. The second-order valence-corrected chi connectivity index (χ2v) is 9.16. The highest BCUT2D eigenvalue weighted by Gasteiger charge is 2.35. The van der Waals surface area contributed by atoms with Crippen LogP contribution in [0.1, 0.15) is 74.1 Å². The van der Waals surface area contributed by atoms with Crippen LogP contribution in [-0.4, -0.2) is 62.9 Å². The van der Waals surface area contributed by atoms with E-state index < -0.39 is 48.2 Å². The monoisotopic (exact) mass is 482 g/mol. The van der Waals surface area contributed by atoms with Crippen LogP contribution in [0.2, 0.25) is 0 Å². The number of hydrogen-bond acceptors (Lipinski definition) is 9. The molecular formula is C22H34N4O8. The molecule has 190 valence electrons. The molecule has 3 amide bonds. The quantitative estimate of drug-likeness (QED) is 0.143. The summed E-state index contributed by atoms with van der Waals surface area (Å²) in [6, 6.07) is 1.49. The lowest BCUT2D eigenvalue weighted by Gasteiger charge is -2.26. The third kappa shape index (κ3) is 10.9. The van der Waals surface area contributed by atoms with Crippen LogP contribution in [-0.2, 0) is 23.7 Å². The third-order valence-corrected chi connectivity index (χ3v) is 3.64. The van der Waals surface area contributed by atoms with Gasteiger partial charge >= 0.3 is 24.2 Å². The number of rotatable bonds is 6. The molecule has 0 aliphatic rings. The third-order valence-electron chi connectivity index (χ3n) is 3.64. The molecule has 1 aromatic heterocycles. The molecule has 34 heavy (non-hydrogen) atoms. The number of aromatic nitrogens is 2. The minimum absolute atomic E-state index is 0.166. The maximum absolute atomic E-state index is 12.9. The van der Waals surface area contributed by atoms with Gasteiger partial charge in [-0.15, -0.1) is 9.89 Å². The molecule has 0 spiro atoms. The fourth-order valence-electron chi connectivity index (χ4n) is 2.30. The van der Waals surface area contributed by atoms with Gasteiger partial charge in [-0.2, -0.15) is 5.10 Å². The number of carbonyl (C=O) groups is 4. The van der Waals surface area contributed by atoms with E-state index in [1.54, 1.807) is 41.5 Å². The summed E-state index contributed by atoms with van der Waals surface area (Å²) in [6.45, 7) is 10.9. The Kier molecular flexibility index (Phi) is 10.7. The summed E-state index contributed by atoms with van der Waals surface area (Å²) >= 11 is 0. The van der Waals surface area contributed by atoms with Crippen LogP contribution in [0.15, 0.2) is 23.5 Å². The normalized spacial score (nSPS) is 12.0. The summed E-state index contributed by atoms with van der Waals surface area (Å²) in [5.41, 5.74) is -1.89. The van der Waals surface area contributed by atoms with Crippen LogP contribution < -0.4 is 0 Å². The molecule has 0 atom stereocenters. The first-order valence-electron chi connectivity index (χ1n) is 10.9. The topological polar surface area (TPSA) is 139 Å². The Hall–Kier alpha value is -3.44. The number of esters is 1. The average molecular weight is 483 g/mol. The highest BCUT2D eigenvalue weighted by Crippen LogP contribution is 2.14. The van der Waals surface area contributed by atoms with Crippen molar-refractivity contribution in [3.05, 3.63) is 18.5 Å². The Bertz CT molecular complexity index is 866. The van der Waals surface area contributed by atoms with Crippen molar-refractivity contribution in [2.75, 3.05) is 6.79 Å². The lowest BCUT2D eigenvalue weighted by molar-refractivity contribution is -0.152. The predicted octanol–water partition coefficient (Wildman–Crippen LogP) is 4.48. The molecule has 0 saturated heterocycles. The molecule has 1 heterocycles. The van der Waals surface area contributed by atoms with Crippen molar-refractivity contribution in [2.24, 2.45) is 4.99 Å². The molecule has 1 rings (SSSR count). The first-order chi connectivity index (χ1) is 15.7. The van der Waals surface area contributed by atoms with Gasteiger partial charge in [-0.3, -0.25) is 4.79 Å². The summed E-state index contributed by atoms with van der Waals surface area (Å²) in [6.07, 6.45) is 1.72. The first kappa shape index (κ1) is 28.6. The molecule has 0 bridgehead atoms. The van der Waals surface area contributed by atoms with Crippen molar-refractivity contribution in [1.29, 1.82) is 0 Å². The number of carbonyl (C=O) groups excluding carboxylic acids is 4. The zero-order valence-corrected chi connectivity index (χ0v) is 20.8. The Morgan fingerprint density at radius 1 is 0.941 bits per heavy atom. The summed E-state index contributed by atoms with van der Waals surface area (Å²) in [4.78, 5) is 54.0. The van der Waals surface area contributed by atoms with Gasteiger partial charge in [-0.05, 0) is 54.0 Å². The number of ether oxygens (including phenoxy) is 4. The number of hydrogen-bond donors (Lipinski definition) is 0. The van der Waals surface area contributed by atoms with Gasteiger partial charge < -0.3 is 18.9 Å². The number of amides is 3. The van der Waals surface area contributed by atoms with Gasteiger partial charge in [0.25, 0.3) is 5.96 Å². The van der Waals surface area contributed by atoms with Crippen molar-refractivity contribution in [3.8, 4) is 0 Å². The average Bonchev–Trinajstić information content (AvgIpc) is 3.19. The largest absolute Gasteiger partial charge is 0.443 e. The minimum Gasteiger partial charge on any atom is -0.443 e. The van der Waals surface area contributed by atoms with Crippen molar-refractivity contribution < 1.29 is 38.1 Å². The fraction of sp³-hybridized carbons (Fsp3) is 0.636. The van der Waals surface area contributed by atoms with Gasteiger partial charge in [0.1, 0.15) is 11.2 Å². The first-order valence-corrected chi connectivity index (χ1v) is 10.9. The van der Waals surface area contributed by atoms with Gasteiger partial charge in [-0.25, -0.2) is 19.1 Å². The summed E-state index contributed by atoms with van der Waals surface area (Å²) in [5.74, 6) is -1.10. The molecule has 0 N–H and O–H groups in total. The minimum atomic E-state index is -1.30. The summed E-state index contributed by atoms with van der Waals surface area (Å²) in [5, 5.41) is 3.93. The van der Waals surface area contributed by atoms with Crippen LogP contribution in [0.25, 0.3) is 0 Å². The van der Waals surface area contributed by atoms with Crippen molar-refractivity contribution in [2.45, 2.75) is 85.4 Å². The van der Waals surface area contributed by atoms with Crippen molar-refractivity contribution >= 4 is 30.2 Å². The molecule has 0 unspecified atom stereocenters. The maximum atomic E-state index is 12.9. The second-order valence-electron chi connectivity index (χ2n) is 9.16. The lowest BCUT2D eigenvalue weighted by Crippen LogP contribution is -2.48. The SMILES string of the molecule is CCCCCC(=O)OCOC(=O)N(C(=O)OC(C)(C)C)/C(=N/C(=O)OC(C)(C)C)n1cccn1. The van der Waals surface area contributed by atoms with E-state index in [4.69, 9.17) is 18.9 Å². The fourth-order valence-corrected chi connectivity index (χ4v) is 2.30. The van der Waals surface area contributed by atoms with Crippen molar-refractivity contribution in [1.82, 2.24) is 14.7 Å². The van der Waals surface area contributed by atoms with E-state index in [1.165, 1.54) is 18.5 Å². The Balaban J connectivity index is 3.18. The van der Waals surface area contributed by atoms with Crippen LogP contribution in [0.3, 0.4) is 0 Å². The number of unbranched alkanes of at least 4 members (excludes halogenated alkanes) is 2. The Morgan fingerprint density at radius 2 is 1.59 bits per heavy atom. The maximum Gasteiger partial charge on any atom is 0.437 e. The number of aliphatic imine (C=N–C) groups is 1. The summed E-state index contributed by atoms with van der Waals surface area (Å²) < 4.78 is 21.3. The Morgan fingerprint density at radius 3 is 2.12 bits per heavy atom. The highest BCUT2D eigenvalue weighted by atomic mass is 16.7. The van der Waals surface area contributed by atoms with E-state index in [9.17, 15) is 19.2 Å². The number of nitrogens with zero attached hydrogens (tertiary/aromatic N) is 4. The smallest absolute Gasteiger partial charge is 0.437 e. The molecule has 1 aromatic rings. The molecule has 0 fully saturated rings. The molecule has 12 heteroatoms. The van der Waals surface area contributed by atoms with Crippen LogP contribution in [0.5, 0.6) is 0 Å². The van der Waals surface area contributed by atoms with Gasteiger partial charge in [0.2, 0.25) is 6.79 Å². The van der Waals surface area contributed by atoms with Crippen LogP contribution in [0, 0.1) is 0 Å². The molecule has 0 aliphatic heterocycles. The van der Waals surface area contributed by atoms with Crippen molar-refractivity contribution in [3.63, 3.8) is 0 Å². The van der Waals surface area contributed by atoms with E-state index in [-0.39, 0.29) is 6.42 Å². The lowest BCUT2D eigenvalue weighted by atomic mass is 10.2. The molecular weight excluding hydrogens is 448 g/mol. The molecule has 0 aliphatic carbocycles. The van der Waals surface area contributed by atoms with E-state index >= 15 is 0 Å². The molecule has 0 radical (unpaired) electrons. The van der Waals surface area contributed by atoms with Gasteiger partial charge in [-0.1, -0.05) is 19.8 Å². The van der Waals surface area contributed by atoms with Gasteiger partial charge in [0, 0.05) is 18.8 Å². The second kappa shape index (κ2) is 12.7. The van der Waals surface area contributed by atoms with E-state index in [1.807, 2.05) is 6.92 Å². The van der Waals surface area contributed by atoms with E-state index in [0.717, 1.165) is 17.5 Å². The standard InChI is InChI=1S/C22H34N4O8/c1-8-9-10-12-16(27)31-15-32-19(29)26(20(30)34-22(5,6)7)17(25-14-11-13-23-25)24-18(28)33-21(2,3)4/h11,13-14H,8-10,12,15H2,1-7H3/b24-17+. The highest BCUT2D eigenvalue weighted by molar-refractivity contribution is 6.10. The van der Waals surface area contributed by atoms with Gasteiger partial charge in [0.15, 0.2) is 0 Å². The molecule has 12 nitrogen and oxygen atoms in total. The van der Waals surface area contributed by atoms with Crippen LogP contribution >= 0.6 is 0 Å².